The van der Waals surface area contributed by atoms with Crippen LogP contribution in [0.5, 0.6) is 0 Å². The molecule has 216 valence electrons. The number of aromatic nitrogens is 3. The highest BCUT2D eigenvalue weighted by Crippen LogP contribution is 2.29. The van der Waals surface area contributed by atoms with Crippen molar-refractivity contribution in [3.05, 3.63) is 100 Å². The first-order valence-corrected chi connectivity index (χ1v) is 14.4. The molecule has 2 aromatic carbocycles. The first-order chi connectivity index (χ1) is 20.3. The first-order valence-electron chi connectivity index (χ1n) is 13.7. The van der Waals surface area contributed by atoms with Gasteiger partial charge < -0.3 is 16.4 Å². The summed E-state index contributed by atoms with van der Waals surface area (Å²) >= 11 is 12.4. The second-order valence-electron chi connectivity index (χ2n) is 10.3. The zero-order valence-electron chi connectivity index (χ0n) is 22.7. The third-order valence-electron chi connectivity index (χ3n) is 7.42. The average molecular weight is 606 g/mol. The van der Waals surface area contributed by atoms with Gasteiger partial charge in [0.1, 0.15) is 6.04 Å². The lowest BCUT2D eigenvalue weighted by Gasteiger charge is -2.29. The van der Waals surface area contributed by atoms with E-state index in [1.807, 2.05) is 42.5 Å². The minimum absolute atomic E-state index is 0.116. The van der Waals surface area contributed by atoms with Gasteiger partial charge in [0, 0.05) is 36.3 Å². The molecule has 0 aliphatic heterocycles. The van der Waals surface area contributed by atoms with Gasteiger partial charge in [-0.2, -0.15) is 5.10 Å². The number of pyridine rings is 1. The molecule has 9 nitrogen and oxygen atoms in total. The lowest BCUT2D eigenvalue weighted by atomic mass is 9.85. The molecule has 4 N–H and O–H groups in total. The van der Waals surface area contributed by atoms with Gasteiger partial charge in [0.15, 0.2) is 5.69 Å². The van der Waals surface area contributed by atoms with Gasteiger partial charge in [-0.1, -0.05) is 53.5 Å². The van der Waals surface area contributed by atoms with Gasteiger partial charge in [0.2, 0.25) is 11.8 Å². The Balaban J connectivity index is 1.23. The van der Waals surface area contributed by atoms with E-state index in [9.17, 15) is 14.4 Å². The van der Waals surface area contributed by atoms with E-state index in [1.54, 1.807) is 41.3 Å². The van der Waals surface area contributed by atoms with Crippen molar-refractivity contribution in [3.63, 3.8) is 0 Å². The standard InChI is InChI=1S/C31H30Cl2N6O3/c32-24-13-12-23(16-25(24)33)39-28(21-7-4-14-35-18-21)17-27(38-39)31(42)36-22-10-8-20(9-11-22)30(41)37-26(29(34)40)15-19-5-2-1-3-6-19/h1-7,12-14,16-18,20,22,26H,8-11,15H2,(H2,34,40)(H,36,42)(H,37,41). The molecule has 1 unspecified atom stereocenters. The van der Waals surface area contributed by atoms with E-state index in [2.05, 4.69) is 20.7 Å². The maximum atomic E-state index is 13.3. The lowest BCUT2D eigenvalue weighted by Crippen LogP contribution is -2.49. The van der Waals surface area contributed by atoms with Crippen molar-refractivity contribution in [3.8, 4) is 16.9 Å². The van der Waals surface area contributed by atoms with Crippen LogP contribution in [0.15, 0.2) is 79.1 Å². The Bertz CT molecular complexity index is 1570. The summed E-state index contributed by atoms with van der Waals surface area (Å²) in [6, 6.07) is 19.1. The summed E-state index contributed by atoms with van der Waals surface area (Å²) in [5.74, 6) is -1.34. The van der Waals surface area contributed by atoms with Crippen LogP contribution in [0.25, 0.3) is 16.9 Å². The van der Waals surface area contributed by atoms with Crippen molar-refractivity contribution < 1.29 is 14.4 Å². The Morgan fingerprint density at radius 2 is 1.71 bits per heavy atom. The summed E-state index contributed by atoms with van der Waals surface area (Å²) in [6.07, 6.45) is 6.09. The molecular weight excluding hydrogens is 575 g/mol. The molecule has 42 heavy (non-hydrogen) atoms. The molecule has 5 rings (SSSR count). The summed E-state index contributed by atoms with van der Waals surface area (Å²) in [7, 11) is 0. The van der Waals surface area contributed by atoms with E-state index >= 15 is 0 Å². The molecule has 1 aliphatic rings. The third-order valence-corrected chi connectivity index (χ3v) is 8.16. The Labute approximate surface area is 253 Å². The normalized spacial score (nSPS) is 17.3. The molecule has 11 heteroatoms. The molecule has 1 atom stereocenters. The maximum absolute atomic E-state index is 13.3. The minimum atomic E-state index is -0.781. The van der Waals surface area contributed by atoms with Crippen LogP contribution in [0, 0.1) is 5.92 Å². The number of nitrogens with one attached hydrogen (secondary N) is 2. The molecule has 1 aliphatic carbocycles. The Hall–Kier alpha value is -4.21. The third kappa shape index (κ3) is 6.98. The highest BCUT2D eigenvalue weighted by Gasteiger charge is 2.30. The van der Waals surface area contributed by atoms with Crippen LogP contribution in [0.2, 0.25) is 10.0 Å². The predicted molar refractivity (Wildman–Crippen MR) is 161 cm³/mol. The maximum Gasteiger partial charge on any atom is 0.272 e. The number of nitrogens with zero attached hydrogens (tertiary/aromatic N) is 3. The van der Waals surface area contributed by atoms with Crippen molar-refractivity contribution in [1.29, 1.82) is 0 Å². The number of nitrogens with two attached hydrogens (primary N) is 1. The summed E-state index contributed by atoms with van der Waals surface area (Å²) in [6.45, 7) is 0. The van der Waals surface area contributed by atoms with Crippen LogP contribution in [0.1, 0.15) is 41.7 Å². The highest BCUT2D eigenvalue weighted by molar-refractivity contribution is 6.42. The molecule has 0 spiro atoms. The number of halogens is 2. The Morgan fingerprint density at radius 1 is 0.952 bits per heavy atom. The van der Waals surface area contributed by atoms with Crippen LogP contribution >= 0.6 is 23.2 Å². The van der Waals surface area contributed by atoms with Gasteiger partial charge in [-0.05, 0) is 67.6 Å². The van der Waals surface area contributed by atoms with Crippen molar-refractivity contribution in [2.24, 2.45) is 11.7 Å². The van der Waals surface area contributed by atoms with Crippen molar-refractivity contribution in [2.75, 3.05) is 0 Å². The van der Waals surface area contributed by atoms with E-state index in [0.717, 1.165) is 11.1 Å². The van der Waals surface area contributed by atoms with Gasteiger partial charge in [0.05, 0.1) is 21.4 Å². The first kappa shape index (κ1) is 29.3. The smallest absolute Gasteiger partial charge is 0.272 e. The Kier molecular flexibility index (Phi) is 9.19. The quantitative estimate of drug-likeness (QED) is 0.254. The number of benzene rings is 2. The molecule has 0 saturated heterocycles. The number of hydrogen-bond donors (Lipinski definition) is 3. The number of rotatable bonds is 9. The van der Waals surface area contributed by atoms with Gasteiger partial charge in [-0.3, -0.25) is 19.4 Å². The monoisotopic (exact) mass is 604 g/mol. The fourth-order valence-electron chi connectivity index (χ4n) is 5.15. The fraction of sp³-hybridized carbons (Fsp3) is 0.258. The number of carbonyl (C=O) groups is 3. The van der Waals surface area contributed by atoms with Crippen molar-refractivity contribution in [2.45, 2.75) is 44.2 Å². The SMILES string of the molecule is NC(=O)C(Cc1ccccc1)NC(=O)C1CCC(NC(=O)c2cc(-c3cccnc3)n(-c3ccc(Cl)c(Cl)c3)n2)CC1. The number of amides is 3. The van der Waals surface area contributed by atoms with Crippen molar-refractivity contribution in [1.82, 2.24) is 25.4 Å². The molecular formula is C31H30Cl2N6O3. The van der Waals surface area contributed by atoms with Gasteiger partial charge in [0.25, 0.3) is 5.91 Å². The summed E-state index contributed by atoms with van der Waals surface area (Å²) in [5.41, 5.74) is 8.83. The van der Waals surface area contributed by atoms with Crippen LogP contribution in [-0.2, 0) is 16.0 Å². The zero-order chi connectivity index (χ0) is 29.6. The summed E-state index contributed by atoms with van der Waals surface area (Å²) in [4.78, 5) is 42.5. The topological polar surface area (TPSA) is 132 Å². The van der Waals surface area contributed by atoms with Gasteiger partial charge >= 0.3 is 0 Å². The highest BCUT2D eigenvalue weighted by atomic mass is 35.5. The molecule has 0 radical (unpaired) electrons. The average Bonchev–Trinajstić information content (AvgIpc) is 3.45. The molecule has 2 heterocycles. The van der Waals surface area contributed by atoms with Crippen LogP contribution in [-0.4, -0.2) is 44.6 Å². The van der Waals surface area contributed by atoms with Gasteiger partial charge in [-0.15, -0.1) is 0 Å². The largest absolute Gasteiger partial charge is 0.368 e. The summed E-state index contributed by atoms with van der Waals surface area (Å²) < 4.78 is 1.64. The molecule has 1 saturated carbocycles. The van der Waals surface area contributed by atoms with Crippen molar-refractivity contribution >= 4 is 40.9 Å². The minimum Gasteiger partial charge on any atom is -0.368 e. The summed E-state index contributed by atoms with van der Waals surface area (Å²) in [5, 5.41) is 11.3. The lowest BCUT2D eigenvalue weighted by molar-refractivity contribution is -0.130. The number of primary amides is 1. The molecule has 2 aromatic heterocycles. The second-order valence-corrected chi connectivity index (χ2v) is 11.2. The van der Waals surface area contributed by atoms with Gasteiger partial charge in [-0.25, -0.2) is 4.68 Å². The van der Waals surface area contributed by atoms with Crippen LogP contribution < -0.4 is 16.4 Å². The Morgan fingerprint density at radius 3 is 2.38 bits per heavy atom. The fourth-order valence-corrected chi connectivity index (χ4v) is 5.44. The number of carbonyl (C=O) groups excluding carboxylic acids is 3. The van der Waals surface area contributed by atoms with E-state index in [4.69, 9.17) is 28.9 Å². The molecule has 4 aromatic rings. The van der Waals surface area contributed by atoms with E-state index in [0.29, 0.717) is 53.5 Å². The molecule has 3 amide bonds. The van der Waals surface area contributed by atoms with E-state index in [-0.39, 0.29) is 29.5 Å². The van der Waals surface area contributed by atoms with E-state index < -0.39 is 11.9 Å². The van der Waals surface area contributed by atoms with E-state index in [1.165, 1.54) is 0 Å². The predicted octanol–water partition coefficient (Wildman–Crippen LogP) is 4.74. The number of hydrogen-bond acceptors (Lipinski definition) is 5. The molecule has 0 bridgehead atoms. The molecule has 1 fully saturated rings. The zero-order valence-corrected chi connectivity index (χ0v) is 24.2. The second kappa shape index (κ2) is 13.2. The van der Waals surface area contributed by atoms with Crippen LogP contribution in [0.4, 0.5) is 0 Å². The van der Waals surface area contributed by atoms with Crippen LogP contribution in [0.3, 0.4) is 0 Å².